The van der Waals surface area contributed by atoms with E-state index in [4.69, 9.17) is 0 Å². The fourth-order valence-electron chi connectivity index (χ4n) is 3.90. The number of nitrogens with zero attached hydrogens (tertiary/aromatic N) is 1. The number of nitrogens with one attached hydrogen (secondary N) is 1. The Hall–Kier alpha value is -2.35. The molecular weight excluding hydrogens is 428 g/mol. The van der Waals surface area contributed by atoms with Gasteiger partial charge in [0.2, 0.25) is 10.0 Å². The highest BCUT2D eigenvalue weighted by atomic mass is 32.2. The van der Waals surface area contributed by atoms with Crippen LogP contribution in [0.25, 0.3) is 10.8 Å². The van der Waals surface area contributed by atoms with Crippen LogP contribution in [-0.4, -0.2) is 38.6 Å². The first kappa shape index (κ1) is 21.9. The number of carbonyl (C=O) groups excluding carboxylic acids is 1. The van der Waals surface area contributed by atoms with Gasteiger partial charge in [-0.2, -0.15) is 0 Å². The second kappa shape index (κ2) is 9.42. The van der Waals surface area contributed by atoms with Crippen LogP contribution in [0.2, 0.25) is 0 Å². The zero-order valence-electron chi connectivity index (χ0n) is 17.5. The molecule has 1 amide bonds. The number of hydrogen-bond donors (Lipinski definition) is 1. The lowest BCUT2D eigenvalue weighted by Crippen LogP contribution is -2.36. The molecule has 0 radical (unpaired) electrons. The van der Waals surface area contributed by atoms with Crippen molar-refractivity contribution >= 4 is 38.5 Å². The summed E-state index contributed by atoms with van der Waals surface area (Å²) in [6.45, 7) is 1.64. The van der Waals surface area contributed by atoms with E-state index in [2.05, 4.69) is 4.72 Å². The summed E-state index contributed by atoms with van der Waals surface area (Å²) in [6.07, 6.45) is 5.01. The summed E-state index contributed by atoms with van der Waals surface area (Å²) in [5, 5.41) is 2.18. The van der Waals surface area contributed by atoms with Gasteiger partial charge in [0, 0.05) is 24.5 Å². The van der Waals surface area contributed by atoms with E-state index in [0.29, 0.717) is 5.56 Å². The minimum atomic E-state index is -3.75. The van der Waals surface area contributed by atoms with E-state index >= 15 is 0 Å². The number of rotatable bonds is 6. The Labute approximate surface area is 187 Å². The number of thioether (sulfide) groups is 1. The largest absolute Gasteiger partial charge is 0.339 e. The van der Waals surface area contributed by atoms with Gasteiger partial charge in [-0.15, -0.1) is 11.8 Å². The third kappa shape index (κ3) is 4.95. The maximum absolute atomic E-state index is 13.1. The van der Waals surface area contributed by atoms with Crippen molar-refractivity contribution in [3.63, 3.8) is 0 Å². The molecule has 0 aliphatic carbocycles. The standard InChI is InChI=1S/C24H26N2O3S2/c1-30-23-12-11-21(16-22(23)24(27)26-13-5-2-6-14-26)31(28,29)25-17-18-9-10-19-7-3-4-8-20(19)15-18/h3-4,7-12,15-16,25H,2,5-6,13-14,17H2,1H3. The van der Waals surface area contributed by atoms with E-state index in [9.17, 15) is 13.2 Å². The predicted octanol–water partition coefficient (Wildman–Crippen LogP) is 4.67. The van der Waals surface area contributed by atoms with E-state index in [0.717, 1.165) is 53.6 Å². The van der Waals surface area contributed by atoms with Gasteiger partial charge in [-0.05, 0) is 66.1 Å². The topological polar surface area (TPSA) is 66.5 Å². The number of likely N-dealkylation sites (tertiary alicyclic amines) is 1. The fourth-order valence-corrected chi connectivity index (χ4v) is 5.51. The maximum atomic E-state index is 13.1. The third-order valence-electron chi connectivity index (χ3n) is 5.64. The van der Waals surface area contributed by atoms with Crippen LogP contribution in [0.1, 0.15) is 35.2 Å². The molecule has 162 valence electrons. The molecule has 1 fully saturated rings. The summed E-state index contributed by atoms with van der Waals surface area (Å²) < 4.78 is 28.6. The molecule has 1 aliphatic heterocycles. The van der Waals surface area contributed by atoms with E-state index in [-0.39, 0.29) is 17.3 Å². The van der Waals surface area contributed by atoms with Gasteiger partial charge in [0.05, 0.1) is 10.5 Å². The van der Waals surface area contributed by atoms with Crippen LogP contribution < -0.4 is 4.72 Å². The number of amides is 1. The molecule has 1 saturated heterocycles. The Morgan fingerprint density at radius 2 is 1.71 bits per heavy atom. The minimum absolute atomic E-state index is 0.0874. The Bertz CT molecular complexity index is 1200. The SMILES string of the molecule is CSc1ccc(S(=O)(=O)NCc2ccc3ccccc3c2)cc1C(=O)N1CCCCC1. The lowest BCUT2D eigenvalue weighted by Gasteiger charge is -2.27. The lowest BCUT2D eigenvalue weighted by atomic mass is 10.1. The molecule has 3 aromatic carbocycles. The van der Waals surface area contributed by atoms with E-state index in [1.807, 2.05) is 53.6 Å². The monoisotopic (exact) mass is 454 g/mol. The number of carbonyl (C=O) groups is 1. The smallest absolute Gasteiger partial charge is 0.255 e. The van der Waals surface area contributed by atoms with Gasteiger partial charge in [-0.3, -0.25) is 4.79 Å². The van der Waals surface area contributed by atoms with E-state index in [1.54, 1.807) is 12.1 Å². The van der Waals surface area contributed by atoms with Gasteiger partial charge in [-0.25, -0.2) is 13.1 Å². The Morgan fingerprint density at radius 1 is 0.968 bits per heavy atom. The van der Waals surface area contributed by atoms with Gasteiger partial charge in [0.15, 0.2) is 0 Å². The third-order valence-corrected chi connectivity index (χ3v) is 7.83. The van der Waals surface area contributed by atoms with Crippen molar-refractivity contribution in [2.24, 2.45) is 0 Å². The van der Waals surface area contributed by atoms with Gasteiger partial charge in [0.1, 0.15) is 0 Å². The summed E-state index contributed by atoms with van der Waals surface area (Å²) >= 11 is 1.46. The van der Waals surface area contributed by atoms with Gasteiger partial charge >= 0.3 is 0 Å². The number of benzene rings is 3. The highest BCUT2D eigenvalue weighted by Crippen LogP contribution is 2.26. The van der Waals surface area contributed by atoms with Crippen molar-refractivity contribution in [3.05, 3.63) is 71.8 Å². The van der Waals surface area contributed by atoms with Gasteiger partial charge < -0.3 is 4.90 Å². The van der Waals surface area contributed by atoms with E-state index in [1.165, 1.54) is 17.8 Å². The Balaban J connectivity index is 1.56. The van der Waals surface area contributed by atoms with Crippen LogP contribution >= 0.6 is 11.8 Å². The molecule has 3 aromatic rings. The number of hydrogen-bond acceptors (Lipinski definition) is 4. The lowest BCUT2D eigenvalue weighted by molar-refractivity contribution is 0.0720. The minimum Gasteiger partial charge on any atom is -0.339 e. The molecule has 1 heterocycles. The van der Waals surface area contributed by atoms with Crippen LogP contribution in [0, 0.1) is 0 Å². The van der Waals surface area contributed by atoms with Crippen molar-refractivity contribution in [1.29, 1.82) is 0 Å². The van der Waals surface area contributed by atoms with Crippen molar-refractivity contribution in [2.45, 2.75) is 35.6 Å². The molecular formula is C24H26N2O3S2. The first-order chi connectivity index (χ1) is 15.0. The van der Waals surface area contributed by atoms with Gasteiger partial charge in [-0.1, -0.05) is 36.4 Å². The summed E-state index contributed by atoms with van der Waals surface area (Å²) in [6, 6.07) is 18.7. The molecule has 0 aromatic heterocycles. The number of piperidine rings is 1. The average molecular weight is 455 g/mol. The molecule has 4 rings (SSSR count). The molecule has 5 nitrogen and oxygen atoms in total. The second-order valence-corrected chi connectivity index (χ2v) is 10.3. The molecule has 0 unspecified atom stereocenters. The Morgan fingerprint density at radius 3 is 2.45 bits per heavy atom. The van der Waals surface area contributed by atoms with Crippen molar-refractivity contribution in [2.75, 3.05) is 19.3 Å². The average Bonchev–Trinajstić information content (AvgIpc) is 2.82. The zero-order valence-corrected chi connectivity index (χ0v) is 19.1. The normalized spacial score (nSPS) is 14.7. The van der Waals surface area contributed by atoms with Crippen molar-refractivity contribution in [1.82, 2.24) is 9.62 Å². The highest BCUT2D eigenvalue weighted by Gasteiger charge is 2.23. The molecule has 7 heteroatoms. The first-order valence-corrected chi connectivity index (χ1v) is 13.1. The predicted molar refractivity (Wildman–Crippen MR) is 126 cm³/mol. The fraction of sp³-hybridized carbons (Fsp3) is 0.292. The molecule has 0 bridgehead atoms. The van der Waals surface area contributed by atoms with Crippen LogP contribution in [0.4, 0.5) is 0 Å². The maximum Gasteiger partial charge on any atom is 0.255 e. The molecule has 0 spiro atoms. The van der Waals surface area contributed by atoms with E-state index < -0.39 is 10.0 Å². The van der Waals surface area contributed by atoms with Crippen LogP contribution in [0.5, 0.6) is 0 Å². The molecule has 1 aliphatic rings. The molecule has 0 atom stereocenters. The quantitative estimate of drug-likeness (QED) is 0.550. The summed E-state index contributed by atoms with van der Waals surface area (Å²) in [5.74, 6) is -0.0874. The van der Waals surface area contributed by atoms with Crippen molar-refractivity contribution < 1.29 is 13.2 Å². The van der Waals surface area contributed by atoms with Crippen LogP contribution in [0.3, 0.4) is 0 Å². The van der Waals surface area contributed by atoms with Gasteiger partial charge in [0.25, 0.3) is 5.91 Å². The second-order valence-electron chi connectivity index (χ2n) is 7.72. The van der Waals surface area contributed by atoms with Crippen molar-refractivity contribution in [3.8, 4) is 0 Å². The summed E-state index contributed by atoms with van der Waals surface area (Å²) in [4.78, 5) is 15.8. The summed E-state index contributed by atoms with van der Waals surface area (Å²) in [7, 11) is -3.75. The number of sulfonamides is 1. The number of fused-ring (bicyclic) bond motifs is 1. The molecule has 1 N–H and O–H groups in total. The summed E-state index contributed by atoms with van der Waals surface area (Å²) in [5.41, 5.74) is 1.34. The van der Waals surface area contributed by atoms with Crippen LogP contribution in [0.15, 0.2) is 70.5 Å². The molecule has 31 heavy (non-hydrogen) atoms. The van der Waals surface area contributed by atoms with Crippen LogP contribution in [-0.2, 0) is 16.6 Å². The molecule has 0 saturated carbocycles. The first-order valence-electron chi connectivity index (χ1n) is 10.4. The Kier molecular flexibility index (Phi) is 6.65. The zero-order chi connectivity index (χ0) is 21.8. The highest BCUT2D eigenvalue weighted by molar-refractivity contribution is 7.98.